The Kier molecular flexibility index (Phi) is 3.57. The van der Waals surface area contributed by atoms with Crippen molar-refractivity contribution < 1.29 is 19.8 Å². The van der Waals surface area contributed by atoms with E-state index in [4.69, 9.17) is 5.11 Å². The number of carbonyl (C=O) groups excluding carboxylic acids is 1. The number of aliphatic carboxylic acids is 2. The van der Waals surface area contributed by atoms with Crippen LogP contribution in [0.15, 0.2) is 0 Å². The van der Waals surface area contributed by atoms with Crippen LogP contribution in [-0.2, 0) is 9.59 Å². The van der Waals surface area contributed by atoms with Crippen LogP contribution in [0, 0.1) is 11.8 Å². The maximum absolute atomic E-state index is 10.2. The van der Waals surface area contributed by atoms with E-state index in [1.54, 1.807) is 6.92 Å². The molecule has 4 heteroatoms. The van der Waals surface area contributed by atoms with Crippen molar-refractivity contribution in [2.24, 2.45) is 11.8 Å². The molecule has 0 saturated carbocycles. The van der Waals surface area contributed by atoms with Crippen LogP contribution in [0.25, 0.3) is 0 Å². The number of rotatable bonds is 4. The van der Waals surface area contributed by atoms with Gasteiger partial charge in [-0.3, -0.25) is 4.79 Å². The van der Waals surface area contributed by atoms with E-state index in [0.29, 0.717) is 0 Å². The van der Waals surface area contributed by atoms with Crippen molar-refractivity contribution in [3.05, 3.63) is 0 Å². The molecule has 0 spiro atoms. The Labute approximate surface area is 64.8 Å². The predicted octanol–water partition coefficient (Wildman–Crippen LogP) is -0.517. The number of hydrogen-bond donors (Lipinski definition) is 1. The maximum atomic E-state index is 10.2. The Morgan fingerprint density at radius 2 is 1.91 bits per heavy atom. The fourth-order valence-electron chi connectivity index (χ4n) is 0.685. The topological polar surface area (TPSA) is 77.4 Å². The molecule has 2 unspecified atom stereocenters. The summed E-state index contributed by atoms with van der Waals surface area (Å²) >= 11 is 0. The van der Waals surface area contributed by atoms with Crippen molar-refractivity contribution in [2.75, 3.05) is 0 Å². The maximum Gasteiger partial charge on any atom is 0.303 e. The third-order valence-corrected chi connectivity index (χ3v) is 1.72. The first-order chi connectivity index (χ1) is 4.95. The Balaban J connectivity index is 3.92. The Morgan fingerprint density at radius 1 is 1.45 bits per heavy atom. The van der Waals surface area contributed by atoms with E-state index in [2.05, 4.69) is 0 Å². The van der Waals surface area contributed by atoms with Gasteiger partial charge in [-0.25, -0.2) is 0 Å². The normalized spacial score (nSPS) is 15.5. The lowest BCUT2D eigenvalue weighted by atomic mass is 9.93. The molecule has 0 amide bonds. The average molecular weight is 159 g/mol. The van der Waals surface area contributed by atoms with Crippen molar-refractivity contribution in [2.45, 2.75) is 20.3 Å². The van der Waals surface area contributed by atoms with Crippen molar-refractivity contribution in [1.82, 2.24) is 0 Å². The molecule has 0 aliphatic heterocycles. The summed E-state index contributed by atoms with van der Waals surface area (Å²) in [7, 11) is 0. The lowest BCUT2D eigenvalue weighted by molar-refractivity contribution is -0.312. The first kappa shape index (κ1) is 9.94. The highest BCUT2D eigenvalue weighted by molar-refractivity contribution is 5.71. The van der Waals surface area contributed by atoms with Crippen molar-refractivity contribution in [1.29, 1.82) is 0 Å². The molecule has 0 saturated heterocycles. The van der Waals surface area contributed by atoms with E-state index in [9.17, 15) is 14.7 Å². The first-order valence-corrected chi connectivity index (χ1v) is 3.37. The Hall–Kier alpha value is -1.06. The van der Waals surface area contributed by atoms with Gasteiger partial charge in [0.25, 0.3) is 0 Å². The fraction of sp³-hybridized carbons (Fsp3) is 0.714. The molecule has 0 aromatic rings. The number of hydrogen-bond acceptors (Lipinski definition) is 3. The van der Waals surface area contributed by atoms with Crippen molar-refractivity contribution in [3.63, 3.8) is 0 Å². The molecule has 0 rings (SSSR count). The minimum atomic E-state index is -1.20. The molecule has 0 aromatic heterocycles. The fourth-order valence-corrected chi connectivity index (χ4v) is 0.685. The largest absolute Gasteiger partial charge is 0.550 e. The summed E-state index contributed by atoms with van der Waals surface area (Å²) in [5.74, 6) is -3.26. The standard InChI is InChI=1S/C7H12O4/c1-4(3-6(8)9)5(2)7(10)11/h4-5H,3H2,1-2H3,(H,8,9)(H,10,11)/p-1. The zero-order valence-corrected chi connectivity index (χ0v) is 6.53. The number of carboxylic acids is 2. The highest BCUT2D eigenvalue weighted by Gasteiger charge is 2.15. The summed E-state index contributed by atoms with van der Waals surface area (Å²) in [5, 5.41) is 18.5. The van der Waals surface area contributed by atoms with E-state index in [-0.39, 0.29) is 12.3 Å². The molecule has 1 N–H and O–H groups in total. The number of carbonyl (C=O) groups is 2. The molecule has 0 fully saturated rings. The number of carboxylic acid groups (broad SMARTS) is 2. The SMILES string of the molecule is CC(CC(=O)O)C(C)C(=O)[O-]. The van der Waals surface area contributed by atoms with Gasteiger partial charge in [0.2, 0.25) is 0 Å². The zero-order valence-electron chi connectivity index (χ0n) is 6.53. The molecule has 0 aliphatic rings. The quantitative estimate of drug-likeness (QED) is 0.598. The molecule has 0 radical (unpaired) electrons. The van der Waals surface area contributed by atoms with Gasteiger partial charge in [-0.2, -0.15) is 0 Å². The van der Waals surface area contributed by atoms with Gasteiger partial charge < -0.3 is 15.0 Å². The van der Waals surface area contributed by atoms with Crippen LogP contribution < -0.4 is 5.11 Å². The minimum absolute atomic E-state index is 0.130. The molecule has 0 bridgehead atoms. The van der Waals surface area contributed by atoms with Crippen LogP contribution in [-0.4, -0.2) is 17.0 Å². The summed E-state index contributed by atoms with van der Waals surface area (Å²) in [4.78, 5) is 20.3. The molecule has 64 valence electrons. The molecule has 0 aromatic carbocycles. The summed E-state index contributed by atoms with van der Waals surface area (Å²) in [5.41, 5.74) is 0. The first-order valence-electron chi connectivity index (χ1n) is 3.37. The smallest absolute Gasteiger partial charge is 0.303 e. The van der Waals surface area contributed by atoms with Crippen LogP contribution in [0.2, 0.25) is 0 Å². The molecule has 2 atom stereocenters. The Bertz CT molecular complexity index is 164. The summed E-state index contributed by atoms with van der Waals surface area (Å²) in [6.45, 7) is 3.03. The average Bonchev–Trinajstić information content (AvgIpc) is 1.84. The van der Waals surface area contributed by atoms with Gasteiger partial charge in [0.1, 0.15) is 0 Å². The summed E-state index contributed by atoms with van der Waals surface area (Å²) < 4.78 is 0. The Morgan fingerprint density at radius 3 is 2.18 bits per heavy atom. The van der Waals surface area contributed by atoms with Crippen LogP contribution in [0.4, 0.5) is 0 Å². The third kappa shape index (κ3) is 3.60. The molecule has 4 nitrogen and oxygen atoms in total. The van der Waals surface area contributed by atoms with Crippen LogP contribution >= 0.6 is 0 Å². The van der Waals surface area contributed by atoms with Crippen LogP contribution in [0.5, 0.6) is 0 Å². The predicted molar refractivity (Wildman–Crippen MR) is 35.6 cm³/mol. The van der Waals surface area contributed by atoms with Crippen molar-refractivity contribution >= 4 is 11.9 Å². The van der Waals surface area contributed by atoms with E-state index in [1.807, 2.05) is 0 Å². The summed E-state index contributed by atoms with van der Waals surface area (Å²) in [6.07, 6.45) is -0.130. The minimum Gasteiger partial charge on any atom is -0.550 e. The molecular weight excluding hydrogens is 148 g/mol. The highest BCUT2D eigenvalue weighted by Crippen LogP contribution is 2.13. The van der Waals surface area contributed by atoms with E-state index >= 15 is 0 Å². The lowest BCUT2D eigenvalue weighted by Crippen LogP contribution is -2.33. The second-order valence-corrected chi connectivity index (χ2v) is 2.68. The molecule has 11 heavy (non-hydrogen) atoms. The van der Waals surface area contributed by atoms with Crippen LogP contribution in [0.3, 0.4) is 0 Å². The summed E-state index contributed by atoms with van der Waals surface area (Å²) in [6, 6.07) is 0. The van der Waals surface area contributed by atoms with Gasteiger partial charge in [-0.1, -0.05) is 13.8 Å². The van der Waals surface area contributed by atoms with Gasteiger partial charge in [0.05, 0.1) is 0 Å². The molecule has 0 heterocycles. The van der Waals surface area contributed by atoms with Crippen LogP contribution in [0.1, 0.15) is 20.3 Å². The molecule has 0 aliphatic carbocycles. The highest BCUT2D eigenvalue weighted by atomic mass is 16.4. The van der Waals surface area contributed by atoms with Gasteiger partial charge in [0.15, 0.2) is 0 Å². The van der Waals surface area contributed by atoms with Gasteiger partial charge in [-0.05, 0) is 11.8 Å². The lowest BCUT2D eigenvalue weighted by Gasteiger charge is -2.18. The van der Waals surface area contributed by atoms with Gasteiger partial charge in [0, 0.05) is 12.4 Å². The second kappa shape index (κ2) is 3.95. The van der Waals surface area contributed by atoms with E-state index < -0.39 is 17.9 Å². The van der Waals surface area contributed by atoms with Crippen molar-refractivity contribution in [3.8, 4) is 0 Å². The van der Waals surface area contributed by atoms with Gasteiger partial charge in [-0.15, -0.1) is 0 Å². The zero-order chi connectivity index (χ0) is 9.02. The molecular formula is C7H11O4-. The monoisotopic (exact) mass is 159 g/mol. The van der Waals surface area contributed by atoms with E-state index in [0.717, 1.165) is 0 Å². The van der Waals surface area contributed by atoms with E-state index in [1.165, 1.54) is 6.92 Å². The third-order valence-electron chi connectivity index (χ3n) is 1.72. The second-order valence-electron chi connectivity index (χ2n) is 2.68. The van der Waals surface area contributed by atoms with Gasteiger partial charge >= 0.3 is 5.97 Å².